The van der Waals surface area contributed by atoms with Crippen LogP contribution in [0.1, 0.15) is 24.0 Å². The third kappa shape index (κ3) is 2.83. The van der Waals surface area contributed by atoms with E-state index in [9.17, 15) is 4.79 Å². The Kier molecular flexibility index (Phi) is 4.02. The lowest BCUT2D eigenvalue weighted by molar-refractivity contribution is -0.119. The van der Waals surface area contributed by atoms with Crippen molar-refractivity contribution in [1.29, 1.82) is 0 Å². The molecule has 1 aliphatic heterocycles. The highest BCUT2D eigenvalue weighted by atomic mass is 16.2. The summed E-state index contributed by atoms with van der Waals surface area (Å²) in [4.78, 5) is 14.8. The molecule has 3 nitrogen and oxygen atoms in total. The van der Waals surface area contributed by atoms with E-state index in [-0.39, 0.29) is 11.8 Å². The standard InChI is InChI=1S/C18H20N2O/c1-14(15-7-3-2-4-8-15)18(21)20-12-11-19-13-16-9-5-6-10-17(16)20/h2-10,14,19H,11-13H2,1H3. The van der Waals surface area contributed by atoms with Crippen molar-refractivity contribution in [3.05, 3.63) is 65.7 Å². The highest BCUT2D eigenvalue weighted by Crippen LogP contribution is 2.26. The van der Waals surface area contributed by atoms with Gasteiger partial charge in [0, 0.05) is 25.3 Å². The molecular weight excluding hydrogens is 260 g/mol. The highest BCUT2D eigenvalue weighted by molar-refractivity contribution is 5.98. The summed E-state index contributed by atoms with van der Waals surface area (Å²) in [6.45, 7) is 4.34. The van der Waals surface area contributed by atoms with Gasteiger partial charge in [0.25, 0.3) is 0 Å². The average molecular weight is 280 g/mol. The van der Waals surface area contributed by atoms with Crippen molar-refractivity contribution in [3.8, 4) is 0 Å². The molecule has 2 aromatic carbocycles. The third-order valence-electron chi connectivity index (χ3n) is 4.05. The van der Waals surface area contributed by atoms with Gasteiger partial charge in [-0.25, -0.2) is 0 Å². The van der Waals surface area contributed by atoms with E-state index in [2.05, 4.69) is 11.4 Å². The number of carbonyl (C=O) groups is 1. The van der Waals surface area contributed by atoms with Gasteiger partial charge in [0.1, 0.15) is 0 Å². The fourth-order valence-corrected chi connectivity index (χ4v) is 2.80. The first kappa shape index (κ1) is 13.8. The molecule has 1 aliphatic rings. The van der Waals surface area contributed by atoms with Crippen LogP contribution in [0.4, 0.5) is 5.69 Å². The number of fused-ring (bicyclic) bond motifs is 1. The van der Waals surface area contributed by atoms with E-state index in [1.165, 1.54) is 5.56 Å². The summed E-state index contributed by atoms with van der Waals surface area (Å²) < 4.78 is 0. The predicted octanol–water partition coefficient (Wildman–Crippen LogP) is 2.93. The van der Waals surface area contributed by atoms with Crippen LogP contribution < -0.4 is 10.2 Å². The fourth-order valence-electron chi connectivity index (χ4n) is 2.80. The Morgan fingerprint density at radius 3 is 2.62 bits per heavy atom. The number of nitrogens with one attached hydrogen (secondary N) is 1. The minimum absolute atomic E-state index is 0.127. The molecule has 0 aliphatic carbocycles. The Labute approximate surface area is 125 Å². The van der Waals surface area contributed by atoms with Gasteiger partial charge in [0.05, 0.1) is 5.92 Å². The molecule has 0 fully saturated rings. The summed E-state index contributed by atoms with van der Waals surface area (Å²) in [6, 6.07) is 18.1. The second kappa shape index (κ2) is 6.10. The largest absolute Gasteiger partial charge is 0.311 e. The van der Waals surface area contributed by atoms with Gasteiger partial charge < -0.3 is 10.2 Å². The number of carbonyl (C=O) groups excluding carboxylic acids is 1. The lowest BCUT2D eigenvalue weighted by atomic mass is 9.99. The molecule has 0 saturated carbocycles. The maximum absolute atomic E-state index is 12.9. The molecule has 0 saturated heterocycles. The van der Waals surface area contributed by atoms with Crippen molar-refractivity contribution in [3.63, 3.8) is 0 Å². The Balaban J connectivity index is 1.91. The van der Waals surface area contributed by atoms with Gasteiger partial charge >= 0.3 is 0 Å². The van der Waals surface area contributed by atoms with Gasteiger partial charge in [-0.05, 0) is 24.1 Å². The zero-order chi connectivity index (χ0) is 14.7. The number of anilines is 1. The van der Waals surface area contributed by atoms with Crippen LogP contribution in [0.2, 0.25) is 0 Å². The maximum Gasteiger partial charge on any atom is 0.234 e. The maximum atomic E-state index is 12.9. The summed E-state index contributed by atoms with van der Waals surface area (Å²) in [5.74, 6) is 0.0368. The number of hydrogen-bond donors (Lipinski definition) is 1. The minimum Gasteiger partial charge on any atom is -0.311 e. The summed E-state index contributed by atoms with van der Waals surface area (Å²) in [5, 5.41) is 3.37. The van der Waals surface area contributed by atoms with Gasteiger partial charge in [-0.2, -0.15) is 0 Å². The van der Waals surface area contributed by atoms with Crippen LogP contribution in [0.15, 0.2) is 54.6 Å². The Morgan fingerprint density at radius 1 is 1.10 bits per heavy atom. The van der Waals surface area contributed by atoms with E-state index in [1.54, 1.807) is 0 Å². The topological polar surface area (TPSA) is 32.3 Å². The van der Waals surface area contributed by atoms with Crippen LogP contribution in [-0.4, -0.2) is 19.0 Å². The number of rotatable bonds is 2. The second-order valence-corrected chi connectivity index (χ2v) is 5.43. The Hall–Kier alpha value is -2.13. The Bertz CT molecular complexity index is 624. The smallest absolute Gasteiger partial charge is 0.234 e. The van der Waals surface area contributed by atoms with Crippen LogP contribution >= 0.6 is 0 Å². The van der Waals surface area contributed by atoms with Crippen molar-refractivity contribution in [2.45, 2.75) is 19.4 Å². The van der Waals surface area contributed by atoms with E-state index < -0.39 is 0 Å². The van der Waals surface area contributed by atoms with Crippen LogP contribution in [-0.2, 0) is 11.3 Å². The highest BCUT2D eigenvalue weighted by Gasteiger charge is 2.25. The SMILES string of the molecule is CC(C(=O)N1CCNCc2ccccc21)c1ccccc1. The molecule has 0 spiro atoms. The molecule has 1 amide bonds. The zero-order valence-corrected chi connectivity index (χ0v) is 12.3. The van der Waals surface area contributed by atoms with E-state index in [0.717, 1.165) is 24.3 Å². The molecule has 3 rings (SSSR count). The van der Waals surface area contributed by atoms with E-state index in [0.29, 0.717) is 6.54 Å². The molecule has 1 atom stereocenters. The van der Waals surface area contributed by atoms with Gasteiger partial charge in [-0.1, -0.05) is 48.5 Å². The number of nitrogens with zero attached hydrogens (tertiary/aromatic N) is 1. The second-order valence-electron chi connectivity index (χ2n) is 5.43. The van der Waals surface area contributed by atoms with Crippen molar-refractivity contribution in [2.75, 3.05) is 18.0 Å². The fraction of sp³-hybridized carbons (Fsp3) is 0.278. The number of benzene rings is 2. The lowest BCUT2D eigenvalue weighted by Crippen LogP contribution is -2.37. The van der Waals surface area contributed by atoms with Crippen LogP contribution in [0.3, 0.4) is 0 Å². The number of amides is 1. The van der Waals surface area contributed by atoms with Crippen molar-refractivity contribution in [1.82, 2.24) is 5.32 Å². The first-order chi connectivity index (χ1) is 10.3. The average Bonchev–Trinajstić information content (AvgIpc) is 2.77. The molecule has 0 radical (unpaired) electrons. The molecule has 1 N–H and O–H groups in total. The van der Waals surface area contributed by atoms with Crippen molar-refractivity contribution >= 4 is 11.6 Å². The summed E-state index contributed by atoms with van der Waals surface area (Å²) in [7, 11) is 0. The number of hydrogen-bond acceptors (Lipinski definition) is 2. The van der Waals surface area contributed by atoms with Gasteiger partial charge in [0.15, 0.2) is 0 Å². The van der Waals surface area contributed by atoms with Crippen LogP contribution in [0.5, 0.6) is 0 Å². The van der Waals surface area contributed by atoms with Crippen LogP contribution in [0.25, 0.3) is 0 Å². The molecule has 0 bridgehead atoms. The monoisotopic (exact) mass is 280 g/mol. The quantitative estimate of drug-likeness (QED) is 0.917. The molecule has 2 aromatic rings. The first-order valence-electron chi connectivity index (χ1n) is 7.42. The van der Waals surface area contributed by atoms with E-state index >= 15 is 0 Å². The van der Waals surface area contributed by atoms with Crippen molar-refractivity contribution < 1.29 is 4.79 Å². The first-order valence-corrected chi connectivity index (χ1v) is 7.42. The molecule has 1 unspecified atom stereocenters. The zero-order valence-electron chi connectivity index (χ0n) is 12.3. The molecule has 3 heteroatoms. The molecule has 21 heavy (non-hydrogen) atoms. The minimum atomic E-state index is -0.127. The molecule has 1 heterocycles. The van der Waals surface area contributed by atoms with Crippen LogP contribution in [0, 0.1) is 0 Å². The number of para-hydroxylation sites is 1. The van der Waals surface area contributed by atoms with Gasteiger partial charge in [0.2, 0.25) is 5.91 Å². The van der Waals surface area contributed by atoms with Gasteiger partial charge in [-0.15, -0.1) is 0 Å². The third-order valence-corrected chi connectivity index (χ3v) is 4.05. The predicted molar refractivity (Wildman–Crippen MR) is 85.4 cm³/mol. The summed E-state index contributed by atoms with van der Waals surface area (Å²) >= 11 is 0. The summed E-state index contributed by atoms with van der Waals surface area (Å²) in [6.07, 6.45) is 0. The molecule has 0 aromatic heterocycles. The van der Waals surface area contributed by atoms with E-state index in [4.69, 9.17) is 0 Å². The summed E-state index contributed by atoms with van der Waals surface area (Å²) in [5.41, 5.74) is 3.29. The molecule has 108 valence electrons. The van der Waals surface area contributed by atoms with Gasteiger partial charge in [-0.3, -0.25) is 4.79 Å². The Morgan fingerprint density at radius 2 is 1.81 bits per heavy atom. The normalized spacial score (nSPS) is 16.0. The lowest BCUT2D eigenvalue weighted by Gasteiger charge is -2.26. The van der Waals surface area contributed by atoms with E-state index in [1.807, 2.05) is 60.4 Å². The van der Waals surface area contributed by atoms with Crippen molar-refractivity contribution in [2.24, 2.45) is 0 Å². The molecular formula is C18H20N2O.